The van der Waals surface area contributed by atoms with Gasteiger partial charge in [-0.25, -0.2) is 13.2 Å². The largest absolute Gasteiger partial charge is 0.457 e. The molecule has 1 saturated heterocycles. The smallest absolute Gasteiger partial charge is 0.338 e. The number of nitrogens with zero attached hydrogens (tertiary/aromatic N) is 2. The zero-order valence-electron chi connectivity index (χ0n) is 15.1. The summed E-state index contributed by atoms with van der Waals surface area (Å²) < 4.78 is 32.5. The first kappa shape index (κ1) is 20.3. The molecule has 2 aromatic carbocycles. The van der Waals surface area contributed by atoms with Crippen molar-refractivity contribution < 1.29 is 17.9 Å². The lowest BCUT2D eigenvalue weighted by Gasteiger charge is -2.26. The predicted molar refractivity (Wildman–Crippen MR) is 104 cm³/mol. The maximum absolute atomic E-state index is 12.9. The zero-order valence-corrected chi connectivity index (χ0v) is 16.7. The van der Waals surface area contributed by atoms with Crippen molar-refractivity contribution in [3.63, 3.8) is 0 Å². The molecule has 0 bridgehead atoms. The van der Waals surface area contributed by atoms with E-state index in [0.29, 0.717) is 24.2 Å². The van der Waals surface area contributed by atoms with Crippen LogP contribution in [0.1, 0.15) is 40.7 Å². The molecule has 1 aliphatic heterocycles. The number of piperidine rings is 1. The molecule has 0 unspecified atom stereocenters. The number of ether oxygens (including phenoxy) is 1. The van der Waals surface area contributed by atoms with Gasteiger partial charge in [-0.3, -0.25) is 0 Å². The molecule has 8 heteroatoms. The highest BCUT2D eigenvalue weighted by Gasteiger charge is 2.29. The van der Waals surface area contributed by atoms with Crippen molar-refractivity contribution in [1.82, 2.24) is 4.31 Å². The highest BCUT2D eigenvalue weighted by Crippen LogP contribution is 2.28. The van der Waals surface area contributed by atoms with Crippen LogP contribution in [0.4, 0.5) is 0 Å². The third-order valence-electron chi connectivity index (χ3n) is 4.60. The van der Waals surface area contributed by atoms with Gasteiger partial charge in [0.15, 0.2) is 0 Å². The third-order valence-corrected chi connectivity index (χ3v) is 6.98. The van der Waals surface area contributed by atoms with Crippen LogP contribution >= 0.6 is 11.6 Å². The van der Waals surface area contributed by atoms with Gasteiger partial charge in [0.1, 0.15) is 11.5 Å². The highest BCUT2D eigenvalue weighted by atomic mass is 35.5. The monoisotopic (exact) mass is 418 g/mol. The molecule has 0 amide bonds. The molecule has 3 rings (SSSR count). The summed E-state index contributed by atoms with van der Waals surface area (Å²) in [6.07, 6.45) is 2.60. The van der Waals surface area contributed by atoms with Crippen molar-refractivity contribution in [3.05, 3.63) is 64.2 Å². The van der Waals surface area contributed by atoms with Gasteiger partial charge in [-0.1, -0.05) is 36.2 Å². The molecule has 0 spiro atoms. The maximum Gasteiger partial charge on any atom is 0.338 e. The Morgan fingerprint density at radius 2 is 1.86 bits per heavy atom. The molecule has 6 nitrogen and oxygen atoms in total. The fraction of sp³-hybridized carbons (Fsp3) is 0.300. The lowest BCUT2D eigenvalue weighted by molar-refractivity contribution is 0.0472. The van der Waals surface area contributed by atoms with Gasteiger partial charge in [-0.2, -0.15) is 9.57 Å². The second kappa shape index (κ2) is 8.74. The average Bonchev–Trinajstić information content (AvgIpc) is 2.73. The molecule has 0 aliphatic carbocycles. The Balaban J connectivity index is 1.80. The fourth-order valence-electron chi connectivity index (χ4n) is 3.05. The summed E-state index contributed by atoms with van der Waals surface area (Å²) in [7, 11) is -3.78. The van der Waals surface area contributed by atoms with E-state index in [2.05, 4.69) is 0 Å². The summed E-state index contributed by atoms with van der Waals surface area (Å²) in [6, 6.07) is 12.9. The maximum atomic E-state index is 12.9. The fourth-order valence-corrected chi connectivity index (χ4v) is 5.07. The summed E-state index contributed by atoms with van der Waals surface area (Å²) in [5.41, 5.74) is 1.09. The third kappa shape index (κ3) is 4.36. The van der Waals surface area contributed by atoms with Gasteiger partial charge in [0, 0.05) is 18.7 Å². The minimum atomic E-state index is -3.78. The van der Waals surface area contributed by atoms with Gasteiger partial charge in [0.05, 0.1) is 22.2 Å². The number of esters is 1. The first-order valence-electron chi connectivity index (χ1n) is 8.88. The van der Waals surface area contributed by atoms with Crippen molar-refractivity contribution >= 4 is 27.6 Å². The summed E-state index contributed by atoms with van der Waals surface area (Å²) in [6.45, 7) is 0.802. The molecule has 0 aromatic heterocycles. The van der Waals surface area contributed by atoms with Crippen LogP contribution in [0.5, 0.6) is 0 Å². The van der Waals surface area contributed by atoms with E-state index in [9.17, 15) is 13.2 Å². The van der Waals surface area contributed by atoms with E-state index >= 15 is 0 Å². The quantitative estimate of drug-likeness (QED) is 0.690. The normalized spacial score (nSPS) is 15.0. The predicted octanol–water partition coefficient (Wildman–Crippen LogP) is 3.74. The SMILES string of the molecule is N#Cc1ccccc1COC(=O)c1ccc(Cl)c(S(=O)(=O)N2CCCCC2)c1. The van der Waals surface area contributed by atoms with Crippen LogP contribution in [0, 0.1) is 11.3 Å². The molecule has 0 atom stereocenters. The Bertz CT molecular complexity index is 1020. The van der Waals surface area contributed by atoms with E-state index in [4.69, 9.17) is 21.6 Å². The van der Waals surface area contributed by atoms with Crippen LogP contribution in [0.2, 0.25) is 5.02 Å². The van der Waals surface area contributed by atoms with Crippen LogP contribution in [0.25, 0.3) is 0 Å². The second-order valence-corrected chi connectivity index (χ2v) is 8.77. The Morgan fingerprint density at radius 1 is 1.14 bits per heavy atom. The molecule has 28 heavy (non-hydrogen) atoms. The molecular formula is C20H19ClN2O4S. The molecule has 146 valence electrons. The van der Waals surface area contributed by atoms with Crippen molar-refractivity contribution in [1.29, 1.82) is 5.26 Å². The van der Waals surface area contributed by atoms with Crippen LogP contribution < -0.4 is 0 Å². The molecular weight excluding hydrogens is 400 g/mol. The molecule has 1 fully saturated rings. The number of benzene rings is 2. The van der Waals surface area contributed by atoms with Crippen LogP contribution in [-0.2, 0) is 21.4 Å². The molecule has 1 aliphatic rings. The van der Waals surface area contributed by atoms with E-state index in [1.54, 1.807) is 24.3 Å². The van der Waals surface area contributed by atoms with Gasteiger partial charge < -0.3 is 4.74 Å². The molecule has 0 N–H and O–H groups in total. The molecule has 2 aromatic rings. The van der Waals surface area contributed by atoms with Gasteiger partial charge >= 0.3 is 5.97 Å². The average molecular weight is 419 g/mol. The summed E-state index contributed by atoms with van der Waals surface area (Å²) >= 11 is 6.12. The van der Waals surface area contributed by atoms with E-state index in [-0.39, 0.29) is 22.1 Å². The van der Waals surface area contributed by atoms with Gasteiger partial charge in [-0.05, 0) is 37.1 Å². The first-order chi connectivity index (χ1) is 13.4. The van der Waals surface area contributed by atoms with Crippen molar-refractivity contribution in [2.75, 3.05) is 13.1 Å². The topological polar surface area (TPSA) is 87.5 Å². The minimum Gasteiger partial charge on any atom is -0.457 e. The Labute approximate surface area is 169 Å². The second-order valence-electron chi connectivity index (χ2n) is 6.46. The van der Waals surface area contributed by atoms with Crippen LogP contribution in [-0.4, -0.2) is 31.8 Å². The number of sulfonamides is 1. The number of hydrogen-bond donors (Lipinski definition) is 0. The lowest BCUT2D eigenvalue weighted by Crippen LogP contribution is -2.35. The standard InChI is InChI=1S/C20H19ClN2O4S/c21-18-9-8-15(12-19(18)28(25,26)23-10-4-1-5-11-23)20(24)27-14-17-7-3-2-6-16(17)13-22/h2-3,6-9,12H,1,4-5,10-11,14H2. The van der Waals surface area contributed by atoms with Crippen molar-refractivity contribution in [3.8, 4) is 6.07 Å². The van der Waals surface area contributed by atoms with E-state index in [1.807, 2.05) is 6.07 Å². The first-order valence-corrected chi connectivity index (χ1v) is 10.7. The summed E-state index contributed by atoms with van der Waals surface area (Å²) in [5, 5.41) is 9.17. The number of carbonyl (C=O) groups is 1. The van der Waals surface area contributed by atoms with E-state index in [0.717, 1.165) is 19.3 Å². The van der Waals surface area contributed by atoms with Gasteiger partial charge in [0.2, 0.25) is 10.0 Å². The number of halogens is 1. The van der Waals surface area contributed by atoms with E-state index in [1.165, 1.54) is 22.5 Å². The number of nitriles is 1. The zero-order chi connectivity index (χ0) is 20.1. The number of carbonyl (C=O) groups excluding carboxylic acids is 1. The number of hydrogen-bond acceptors (Lipinski definition) is 5. The molecule has 1 heterocycles. The van der Waals surface area contributed by atoms with E-state index < -0.39 is 16.0 Å². The van der Waals surface area contributed by atoms with Gasteiger partial charge in [-0.15, -0.1) is 0 Å². The minimum absolute atomic E-state index is 0.0666. The van der Waals surface area contributed by atoms with Crippen LogP contribution in [0.15, 0.2) is 47.4 Å². The summed E-state index contributed by atoms with van der Waals surface area (Å²) in [5.74, 6) is -0.681. The van der Waals surface area contributed by atoms with Crippen molar-refractivity contribution in [2.45, 2.75) is 30.8 Å². The highest BCUT2D eigenvalue weighted by molar-refractivity contribution is 7.89. The number of rotatable bonds is 5. The lowest BCUT2D eigenvalue weighted by atomic mass is 10.1. The Morgan fingerprint density at radius 3 is 2.57 bits per heavy atom. The summed E-state index contributed by atoms with van der Waals surface area (Å²) in [4.78, 5) is 12.3. The molecule has 0 saturated carbocycles. The Kier molecular flexibility index (Phi) is 6.35. The Hall–Kier alpha value is -2.40. The van der Waals surface area contributed by atoms with Crippen LogP contribution in [0.3, 0.4) is 0 Å². The molecule has 0 radical (unpaired) electrons. The van der Waals surface area contributed by atoms with Crippen molar-refractivity contribution in [2.24, 2.45) is 0 Å². The van der Waals surface area contributed by atoms with Gasteiger partial charge in [0.25, 0.3) is 0 Å².